The lowest BCUT2D eigenvalue weighted by molar-refractivity contribution is 0.102. The highest BCUT2D eigenvalue weighted by molar-refractivity contribution is 6.03. The number of hydrogen-bond donors (Lipinski definition) is 1. The Morgan fingerprint density at radius 1 is 0.962 bits per heavy atom. The number of amides is 1. The van der Waals surface area contributed by atoms with E-state index in [9.17, 15) is 9.59 Å². The van der Waals surface area contributed by atoms with Gasteiger partial charge in [-0.05, 0) is 41.3 Å². The number of rotatable bonds is 5. The number of benzene rings is 2. The van der Waals surface area contributed by atoms with Gasteiger partial charge in [0.05, 0.1) is 6.54 Å². The number of carbonyl (C=O) groups is 1. The molecule has 1 amide bonds. The highest BCUT2D eigenvalue weighted by atomic mass is 16.2. The molecule has 0 fully saturated rings. The zero-order chi connectivity index (χ0) is 18.5. The van der Waals surface area contributed by atoms with E-state index in [1.807, 2.05) is 30.3 Å². The fourth-order valence-corrected chi connectivity index (χ4v) is 2.76. The minimum atomic E-state index is -0.397. The van der Waals surface area contributed by atoms with E-state index < -0.39 is 5.91 Å². The lowest BCUT2D eigenvalue weighted by Crippen LogP contribution is -2.29. The molecule has 3 rings (SSSR count). The third-order valence-corrected chi connectivity index (χ3v) is 4.30. The lowest BCUT2D eigenvalue weighted by Gasteiger charge is -2.10. The predicted octanol–water partition coefficient (Wildman–Crippen LogP) is 4.27. The molecule has 0 atom stereocenters. The summed E-state index contributed by atoms with van der Waals surface area (Å²) in [6, 6.07) is 20.6. The molecule has 0 bridgehead atoms. The van der Waals surface area contributed by atoms with Gasteiger partial charge in [-0.3, -0.25) is 9.59 Å². The molecular weight excluding hydrogens is 324 g/mol. The molecule has 4 heteroatoms. The van der Waals surface area contributed by atoms with E-state index in [1.54, 1.807) is 35.0 Å². The van der Waals surface area contributed by atoms with Gasteiger partial charge in [0, 0.05) is 11.9 Å². The molecule has 3 aromatic rings. The molecule has 2 aromatic carbocycles. The van der Waals surface area contributed by atoms with Crippen LogP contribution in [0.3, 0.4) is 0 Å². The van der Waals surface area contributed by atoms with Crippen LogP contribution in [0, 0.1) is 0 Å². The normalized spacial score (nSPS) is 10.7. The van der Waals surface area contributed by atoms with Crippen molar-refractivity contribution in [1.29, 1.82) is 0 Å². The lowest BCUT2D eigenvalue weighted by atomic mass is 10.0. The maximum atomic E-state index is 12.7. The summed E-state index contributed by atoms with van der Waals surface area (Å²) in [4.78, 5) is 25.1. The standard InChI is InChI=1S/C22H22N2O2/c1-16(2)18-12-10-17(11-13-18)15-24-14-6-9-20(22(24)26)21(25)23-19-7-4-3-5-8-19/h3-14,16H,15H2,1-2H3,(H,23,25). The maximum absolute atomic E-state index is 12.7. The Morgan fingerprint density at radius 3 is 2.31 bits per heavy atom. The number of pyridine rings is 1. The zero-order valence-electron chi connectivity index (χ0n) is 15.0. The van der Waals surface area contributed by atoms with E-state index in [1.165, 1.54) is 5.56 Å². The topological polar surface area (TPSA) is 51.1 Å². The largest absolute Gasteiger partial charge is 0.322 e. The molecule has 0 spiro atoms. The smallest absolute Gasteiger partial charge is 0.263 e. The zero-order valence-corrected chi connectivity index (χ0v) is 15.0. The first-order chi connectivity index (χ1) is 12.5. The Morgan fingerprint density at radius 2 is 1.65 bits per heavy atom. The molecule has 0 aliphatic heterocycles. The summed E-state index contributed by atoms with van der Waals surface area (Å²) in [5.41, 5.74) is 2.79. The van der Waals surface area contributed by atoms with Crippen molar-refractivity contribution < 1.29 is 4.79 Å². The minimum absolute atomic E-state index is 0.134. The molecular formula is C22H22N2O2. The molecule has 0 aliphatic carbocycles. The summed E-state index contributed by atoms with van der Waals surface area (Å²) in [6.45, 7) is 4.73. The van der Waals surface area contributed by atoms with E-state index in [-0.39, 0.29) is 11.1 Å². The van der Waals surface area contributed by atoms with Crippen LogP contribution in [0.1, 0.15) is 41.3 Å². The molecule has 26 heavy (non-hydrogen) atoms. The van der Waals surface area contributed by atoms with Crippen LogP contribution in [0.2, 0.25) is 0 Å². The first kappa shape index (κ1) is 17.7. The number of aromatic nitrogens is 1. The number of nitrogens with one attached hydrogen (secondary N) is 1. The van der Waals surface area contributed by atoms with E-state index in [2.05, 4.69) is 31.3 Å². The van der Waals surface area contributed by atoms with Gasteiger partial charge in [0.25, 0.3) is 11.5 Å². The Hall–Kier alpha value is -3.14. The molecule has 132 valence electrons. The van der Waals surface area contributed by atoms with Gasteiger partial charge in [-0.25, -0.2) is 0 Å². The van der Waals surface area contributed by atoms with E-state index >= 15 is 0 Å². The Labute approximate surface area is 153 Å². The van der Waals surface area contributed by atoms with Crippen molar-refractivity contribution in [2.24, 2.45) is 0 Å². The van der Waals surface area contributed by atoms with Crippen LogP contribution in [0.25, 0.3) is 0 Å². The highest BCUT2D eigenvalue weighted by Gasteiger charge is 2.12. The van der Waals surface area contributed by atoms with Crippen molar-refractivity contribution in [3.63, 3.8) is 0 Å². The van der Waals surface area contributed by atoms with E-state index in [0.29, 0.717) is 18.2 Å². The minimum Gasteiger partial charge on any atom is -0.322 e. The van der Waals surface area contributed by atoms with Gasteiger partial charge >= 0.3 is 0 Å². The van der Waals surface area contributed by atoms with Crippen molar-refractivity contribution in [1.82, 2.24) is 4.57 Å². The third-order valence-electron chi connectivity index (χ3n) is 4.30. The molecule has 1 N–H and O–H groups in total. The number of hydrogen-bond acceptors (Lipinski definition) is 2. The predicted molar refractivity (Wildman–Crippen MR) is 105 cm³/mol. The van der Waals surface area contributed by atoms with Gasteiger partial charge in [0.15, 0.2) is 0 Å². The van der Waals surface area contributed by atoms with E-state index in [4.69, 9.17) is 0 Å². The molecule has 1 heterocycles. The maximum Gasteiger partial charge on any atom is 0.263 e. The summed E-state index contributed by atoms with van der Waals surface area (Å²) in [7, 11) is 0. The summed E-state index contributed by atoms with van der Waals surface area (Å²) < 4.78 is 1.56. The SMILES string of the molecule is CC(C)c1ccc(Cn2cccc(C(=O)Nc3ccccc3)c2=O)cc1. The van der Waals surface area contributed by atoms with Crippen molar-refractivity contribution in [2.45, 2.75) is 26.3 Å². The Bertz CT molecular complexity index is 942. The van der Waals surface area contributed by atoms with Crippen LogP contribution in [0.4, 0.5) is 5.69 Å². The summed E-state index contributed by atoms with van der Waals surface area (Å²) >= 11 is 0. The molecule has 1 aromatic heterocycles. The van der Waals surface area contributed by atoms with Crippen LogP contribution in [0.5, 0.6) is 0 Å². The quantitative estimate of drug-likeness (QED) is 0.750. The molecule has 0 saturated heterocycles. The van der Waals surface area contributed by atoms with Gasteiger partial charge in [-0.2, -0.15) is 0 Å². The number of anilines is 1. The Kier molecular flexibility index (Phi) is 5.32. The number of para-hydroxylation sites is 1. The second kappa shape index (κ2) is 7.83. The second-order valence-corrected chi connectivity index (χ2v) is 6.57. The molecule has 4 nitrogen and oxygen atoms in total. The van der Waals surface area contributed by atoms with Crippen molar-refractivity contribution in [2.75, 3.05) is 5.32 Å². The van der Waals surface area contributed by atoms with Crippen LogP contribution < -0.4 is 10.9 Å². The first-order valence-corrected chi connectivity index (χ1v) is 8.69. The van der Waals surface area contributed by atoms with Crippen LogP contribution in [-0.2, 0) is 6.54 Å². The van der Waals surface area contributed by atoms with Gasteiger partial charge < -0.3 is 9.88 Å². The molecule has 0 unspecified atom stereocenters. The third kappa shape index (κ3) is 4.09. The van der Waals surface area contributed by atoms with Gasteiger partial charge in [-0.1, -0.05) is 56.3 Å². The van der Waals surface area contributed by atoms with Crippen molar-refractivity contribution >= 4 is 11.6 Å². The average Bonchev–Trinajstić information content (AvgIpc) is 2.64. The first-order valence-electron chi connectivity index (χ1n) is 8.69. The van der Waals surface area contributed by atoms with E-state index in [0.717, 1.165) is 5.56 Å². The number of nitrogens with zero attached hydrogens (tertiary/aromatic N) is 1. The fraction of sp³-hybridized carbons (Fsp3) is 0.182. The average molecular weight is 346 g/mol. The fourth-order valence-electron chi connectivity index (χ4n) is 2.76. The number of carbonyl (C=O) groups excluding carboxylic acids is 1. The molecule has 0 radical (unpaired) electrons. The van der Waals surface area contributed by atoms with Crippen LogP contribution >= 0.6 is 0 Å². The Balaban J connectivity index is 1.80. The van der Waals surface area contributed by atoms with Crippen molar-refractivity contribution in [3.8, 4) is 0 Å². The molecule has 0 aliphatic rings. The second-order valence-electron chi connectivity index (χ2n) is 6.57. The van der Waals surface area contributed by atoms with Crippen LogP contribution in [0.15, 0.2) is 77.7 Å². The monoisotopic (exact) mass is 346 g/mol. The van der Waals surface area contributed by atoms with Crippen LogP contribution in [-0.4, -0.2) is 10.5 Å². The van der Waals surface area contributed by atoms with Gasteiger partial charge in [0.1, 0.15) is 5.56 Å². The molecule has 0 saturated carbocycles. The van der Waals surface area contributed by atoms with Gasteiger partial charge in [0.2, 0.25) is 0 Å². The summed E-state index contributed by atoms with van der Waals surface area (Å²) in [5, 5.41) is 2.76. The van der Waals surface area contributed by atoms with Crippen molar-refractivity contribution in [3.05, 3.63) is 100.0 Å². The van der Waals surface area contributed by atoms with Gasteiger partial charge in [-0.15, -0.1) is 0 Å². The summed E-state index contributed by atoms with van der Waals surface area (Å²) in [5.74, 6) is 0.0717. The highest BCUT2D eigenvalue weighted by Crippen LogP contribution is 2.15. The summed E-state index contributed by atoms with van der Waals surface area (Å²) in [6.07, 6.45) is 1.71.